The Hall–Kier alpha value is -1.30. The van der Waals surface area contributed by atoms with Crippen LogP contribution in [0.2, 0.25) is 0 Å². The molecule has 0 radical (unpaired) electrons. The Labute approximate surface area is 94.5 Å². The van der Waals surface area contributed by atoms with Crippen LogP contribution in [0.25, 0.3) is 0 Å². The van der Waals surface area contributed by atoms with E-state index in [0.717, 1.165) is 0 Å². The van der Waals surface area contributed by atoms with E-state index >= 15 is 0 Å². The highest BCUT2D eigenvalue weighted by Crippen LogP contribution is 2.13. The third-order valence-corrected chi connectivity index (χ3v) is 2.78. The summed E-state index contributed by atoms with van der Waals surface area (Å²) in [6.45, 7) is 5.96. The molecule has 2 atom stereocenters. The minimum Gasteiger partial charge on any atom is -0.372 e. The minimum absolute atomic E-state index is 0.0263. The third kappa shape index (κ3) is 2.11. The van der Waals surface area contributed by atoms with Gasteiger partial charge in [0, 0.05) is 26.2 Å². The number of carbonyl (C=O) groups excluding carboxylic acids is 2. The van der Waals surface area contributed by atoms with E-state index in [4.69, 9.17) is 4.74 Å². The predicted octanol–water partition coefficient (Wildman–Crippen LogP) is 0.241. The van der Waals surface area contributed by atoms with Crippen molar-refractivity contribution in [3.05, 3.63) is 0 Å². The van der Waals surface area contributed by atoms with Crippen molar-refractivity contribution in [2.75, 3.05) is 26.2 Å². The molecule has 2 aliphatic rings. The molecule has 0 aromatic rings. The molecule has 0 unspecified atom stereocenters. The largest absolute Gasteiger partial charge is 0.372 e. The second-order valence-electron chi connectivity index (χ2n) is 4.33. The lowest BCUT2D eigenvalue weighted by Gasteiger charge is -2.36. The van der Waals surface area contributed by atoms with Crippen molar-refractivity contribution in [2.45, 2.75) is 26.1 Å². The first kappa shape index (κ1) is 11.2. The summed E-state index contributed by atoms with van der Waals surface area (Å²) in [4.78, 5) is 26.3. The smallest absolute Gasteiger partial charge is 0.328 e. The number of rotatable bonds is 0. The van der Waals surface area contributed by atoms with E-state index in [-0.39, 0.29) is 24.3 Å². The summed E-state index contributed by atoms with van der Waals surface area (Å²) in [5.41, 5.74) is 0. The van der Waals surface area contributed by atoms with Gasteiger partial charge in [0.1, 0.15) is 0 Å². The van der Waals surface area contributed by atoms with Crippen LogP contribution in [-0.4, -0.2) is 60.2 Å². The highest BCUT2D eigenvalue weighted by atomic mass is 16.5. The van der Waals surface area contributed by atoms with Gasteiger partial charge in [-0.3, -0.25) is 0 Å². The molecule has 0 aromatic carbocycles. The first-order chi connectivity index (χ1) is 7.58. The number of urea groups is 2. The Morgan fingerprint density at radius 1 is 1.38 bits per heavy atom. The second kappa shape index (κ2) is 4.29. The topological polar surface area (TPSA) is 61.9 Å². The summed E-state index contributed by atoms with van der Waals surface area (Å²) in [6.07, 6.45) is 0.0525. The number of imide groups is 1. The van der Waals surface area contributed by atoms with Crippen LogP contribution in [0.5, 0.6) is 0 Å². The fraction of sp³-hybridized carbons (Fsp3) is 0.800. The SMILES string of the molecule is C[C@H]1CN(C(=O)N2CCNC2=O)C[C@H](C)O1. The van der Waals surface area contributed by atoms with Crippen LogP contribution in [-0.2, 0) is 4.74 Å². The number of ether oxygens (including phenoxy) is 1. The fourth-order valence-corrected chi connectivity index (χ4v) is 2.16. The van der Waals surface area contributed by atoms with Crippen molar-refractivity contribution in [1.82, 2.24) is 15.1 Å². The van der Waals surface area contributed by atoms with E-state index in [1.807, 2.05) is 13.8 Å². The summed E-state index contributed by atoms with van der Waals surface area (Å²) >= 11 is 0. The van der Waals surface area contributed by atoms with Crippen LogP contribution in [0.4, 0.5) is 9.59 Å². The van der Waals surface area contributed by atoms with E-state index in [1.54, 1.807) is 4.90 Å². The molecule has 0 aliphatic carbocycles. The molecule has 90 valence electrons. The molecular formula is C10H17N3O3. The van der Waals surface area contributed by atoms with E-state index in [2.05, 4.69) is 5.32 Å². The highest BCUT2D eigenvalue weighted by molar-refractivity contribution is 5.95. The first-order valence-corrected chi connectivity index (χ1v) is 5.57. The molecule has 2 aliphatic heterocycles. The fourth-order valence-electron chi connectivity index (χ4n) is 2.16. The van der Waals surface area contributed by atoms with Crippen LogP contribution in [0, 0.1) is 0 Å². The Bertz CT molecular complexity index is 298. The van der Waals surface area contributed by atoms with Gasteiger partial charge in [-0.05, 0) is 13.8 Å². The molecule has 2 fully saturated rings. The molecular weight excluding hydrogens is 210 g/mol. The lowest BCUT2D eigenvalue weighted by Crippen LogP contribution is -2.53. The molecule has 0 bridgehead atoms. The van der Waals surface area contributed by atoms with Gasteiger partial charge in [0.15, 0.2) is 0 Å². The average Bonchev–Trinajstić information content (AvgIpc) is 2.62. The minimum atomic E-state index is -0.295. The van der Waals surface area contributed by atoms with Crippen LogP contribution < -0.4 is 5.32 Å². The van der Waals surface area contributed by atoms with Crippen molar-refractivity contribution >= 4 is 12.1 Å². The van der Waals surface area contributed by atoms with Gasteiger partial charge in [0.05, 0.1) is 12.2 Å². The Kier molecular flexibility index (Phi) is 3.00. The van der Waals surface area contributed by atoms with Crippen LogP contribution in [0.15, 0.2) is 0 Å². The molecule has 1 N–H and O–H groups in total. The van der Waals surface area contributed by atoms with Crippen LogP contribution in [0.3, 0.4) is 0 Å². The molecule has 2 rings (SSSR count). The predicted molar refractivity (Wildman–Crippen MR) is 57.1 cm³/mol. The van der Waals surface area contributed by atoms with E-state index in [1.165, 1.54) is 4.90 Å². The molecule has 6 nitrogen and oxygen atoms in total. The highest BCUT2D eigenvalue weighted by Gasteiger charge is 2.33. The molecule has 4 amide bonds. The van der Waals surface area contributed by atoms with Gasteiger partial charge >= 0.3 is 12.1 Å². The average molecular weight is 227 g/mol. The first-order valence-electron chi connectivity index (χ1n) is 5.57. The van der Waals surface area contributed by atoms with Crippen molar-refractivity contribution in [1.29, 1.82) is 0 Å². The van der Waals surface area contributed by atoms with Crippen LogP contribution in [0.1, 0.15) is 13.8 Å². The zero-order valence-corrected chi connectivity index (χ0v) is 9.60. The maximum absolute atomic E-state index is 12.0. The standard InChI is InChI=1S/C10H17N3O3/c1-7-5-12(6-8(2)16-7)10(15)13-4-3-11-9(13)14/h7-8H,3-6H2,1-2H3,(H,11,14)/t7-,8-/m0/s1. The number of nitrogens with one attached hydrogen (secondary N) is 1. The summed E-state index contributed by atoms with van der Waals surface area (Å²) < 4.78 is 5.54. The van der Waals surface area contributed by atoms with Gasteiger partial charge in [-0.15, -0.1) is 0 Å². The lowest BCUT2D eigenvalue weighted by atomic mass is 10.2. The maximum atomic E-state index is 12.0. The number of hydrogen-bond acceptors (Lipinski definition) is 3. The molecule has 16 heavy (non-hydrogen) atoms. The quantitative estimate of drug-likeness (QED) is 0.645. The van der Waals surface area contributed by atoms with Gasteiger partial charge < -0.3 is 15.0 Å². The zero-order valence-electron chi connectivity index (χ0n) is 9.60. The third-order valence-electron chi connectivity index (χ3n) is 2.78. The summed E-state index contributed by atoms with van der Waals surface area (Å²) in [5, 5.41) is 2.62. The number of carbonyl (C=O) groups is 2. The zero-order chi connectivity index (χ0) is 11.7. The monoisotopic (exact) mass is 227 g/mol. The Morgan fingerprint density at radius 2 is 2.00 bits per heavy atom. The van der Waals surface area contributed by atoms with E-state index in [0.29, 0.717) is 26.2 Å². The van der Waals surface area contributed by atoms with Gasteiger partial charge in [-0.25, -0.2) is 14.5 Å². The molecule has 0 saturated carbocycles. The van der Waals surface area contributed by atoms with Crippen molar-refractivity contribution in [2.24, 2.45) is 0 Å². The normalized spacial score (nSPS) is 30.5. The Balaban J connectivity index is 2.01. The second-order valence-corrected chi connectivity index (χ2v) is 4.33. The maximum Gasteiger partial charge on any atom is 0.328 e. The molecule has 2 saturated heterocycles. The number of amides is 4. The molecule has 0 aromatic heterocycles. The molecule has 2 heterocycles. The number of hydrogen-bond donors (Lipinski definition) is 1. The van der Waals surface area contributed by atoms with Crippen molar-refractivity contribution < 1.29 is 14.3 Å². The van der Waals surface area contributed by atoms with Gasteiger partial charge in [0.25, 0.3) is 0 Å². The van der Waals surface area contributed by atoms with Crippen molar-refractivity contribution in [3.63, 3.8) is 0 Å². The number of nitrogens with zero attached hydrogens (tertiary/aromatic N) is 2. The lowest BCUT2D eigenvalue weighted by molar-refractivity contribution is -0.0567. The van der Waals surface area contributed by atoms with E-state index < -0.39 is 0 Å². The Morgan fingerprint density at radius 3 is 2.50 bits per heavy atom. The molecule has 0 spiro atoms. The summed E-state index contributed by atoms with van der Waals surface area (Å²) in [5.74, 6) is 0. The summed E-state index contributed by atoms with van der Waals surface area (Å²) in [6, 6.07) is -0.506. The van der Waals surface area contributed by atoms with Gasteiger partial charge in [0.2, 0.25) is 0 Å². The van der Waals surface area contributed by atoms with Crippen molar-refractivity contribution in [3.8, 4) is 0 Å². The number of morpholine rings is 1. The van der Waals surface area contributed by atoms with Gasteiger partial charge in [-0.1, -0.05) is 0 Å². The molecule has 6 heteroatoms. The van der Waals surface area contributed by atoms with E-state index in [9.17, 15) is 9.59 Å². The summed E-state index contributed by atoms with van der Waals surface area (Å²) in [7, 11) is 0. The van der Waals surface area contributed by atoms with Gasteiger partial charge in [-0.2, -0.15) is 0 Å². The van der Waals surface area contributed by atoms with Crippen LogP contribution >= 0.6 is 0 Å².